The van der Waals surface area contributed by atoms with Crippen LogP contribution in [-0.4, -0.2) is 35.1 Å². The third kappa shape index (κ3) is 3.99. The Morgan fingerprint density at radius 1 is 1.50 bits per heavy atom. The highest BCUT2D eigenvalue weighted by molar-refractivity contribution is 9.10. The summed E-state index contributed by atoms with van der Waals surface area (Å²) in [6, 6.07) is 3.46. The Kier molecular flexibility index (Phi) is 5.08. The molecule has 0 fully saturated rings. The van der Waals surface area contributed by atoms with Crippen molar-refractivity contribution < 1.29 is 19.1 Å². The molecule has 2 N–H and O–H groups in total. The van der Waals surface area contributed by atoms with Crippen molar-refractivity contribution in [3.63, 3.8) is 0 Å². The number of likely N-dealkylation sites (N-methyl/N-ethyl adjacent to an activating group) is 1. The Bertz CT molecular complexity index is 468. The number of hydrogen-bond acceptors (Lipinski definition) is 2. The van der Waals surface area contributed by atoms with E-state index >= 15 is 0 Å². The van der Waals surface area contributed by atoms with E-state index in [1.54, 1.807) is 6.92 Å². The van der Waals surface area contributed by atoms with Crippen LogP contribution in [0.2, 0.25) is 0 Å². The van der Waals surface area contributed by atoms with Crippen LogP contribution in [0.15, 0.2) is 22.7 Å². The highest BCUT2D eigenvalue weighted by Gasteiger charge is 2.15. The molecule has 0 bridgehead atoms. The van der Waals surface area contributed by atoms with E-state index in [4.69, 9.17) is 5.11 Å². The van der Waals surface area contributed by atoms with Gasteiger partial charge in [0.25, 0.3) is 0 Å². The van der Waals surface area contributed by atoms with Gasteiger partial charge in [0, 0.05) is 12.2 Å². The minimum atomic E-state index is -1.09. The quantitative estimate of drug-likeness (QED) is 0.896. The van der Waals surface area contributed by atoms with Crippen molar-refractivity contribution in [2.45, 2.75) is 6.92 Å². The summed E-state index contributed by atoms with van der Waals surface area (Å²) in [5.41, 5.74) is 0.386. The van der Waals surface area contributed by atoms with Crippen LogP contribution < -0.4 is 5.32 Å². The minimum Gasteiger partial charge on any atom is -0.480 e. The number of nitrogens with one attached hydrogen (secondary N) is 1. The van der Waals surface area contributed by atoms with Gasteiger partial charge in [-0.05, 0) is 41.1 Å². The highest BCUT2D eigenvalue weighted by atomic mass is 79.9. The summed E-state index contributed by atoms with van der Waals surface area (Å²) in [7, 11) is 0. The Labute approximate surface area is 112 Å². The Morgan fingerprint density at radius 3 is 2.67 bits per heavy atom. The zero-order chi connectivity index (χ0) is 13.7. The first-order valence-electron chi connectivity index (χ1n) is 5.16. The summed E-state index contributed by atoms with van der Waals surface area (Å²) in [5.74, 6) is -1.53. The van der Waals surface area contributed by atoms with E-state index in [0.717, 1.165) is 4.90 Å². The Balaban J connectivity index is 2.73. The van der Waals surface area contributed by atoms with Gasteiger partial charge in [-0.2, -0.15) is 0 Å². The van der Waals surface area contributed by atoms with Gasteiger partial charge in [-0.25, -0.2) is 9.18 Å². The maximum atomic E-state index is 13.0. The van der Waals surface area contributed by atoms with Gasteiger partial charge >= 0.3 is 12.0 Å². The van der Waals surface area contributed by atoms with Gasteiger partial charge < -0.3 is 15.3 Å². The van der Waals surface area contributed by atoms with Crippen LogP contribution in [0.5, 0.6) is 0 Å². The number of amides is 2. The molecule has 7 heteroatoms. The average molecular weight is 319 g/mol. The smallest absolute Gasteiger partial charge is 0.323 e. The van der Waals surface area contributed by atoms with Gasteiger partial charge in [-0.15, -0.1) is 0 Å². The molecule has 0 aliphatic carbocycles. The number of rotatable bonds is 4. The average Bonchev–Trinajstić information content (AvgIpc) is 2.30. The molecule has 0 saturated carbocycles. The fraction of sp³-hybridized carbons (Fsp3) is 0.273. The van der Waals surface area contributed by atoms with E-state index in [-0.39, 0.29) is 17.6 Å². The number of aliphatic carboxylic acids is 1. The molecule has 2 amide bonds. The van der Waals surface area contributed by atoms with Crippen LogP contribution in [0.4, 0.5) is 14.9 Å². The second-order valence-electron chi connectivity index (χ2n) is 3.47. The first kappa shape index (κ1) is 14.4. The van der Waals surface area contributed by atoms with Crippen LogP contribution in [0, 0.1) is 5.82 Å². The molecule has 0 aliphatic heterocycles. The van der Waals surface area contributed by atoms with Crippen LogP contribution in [-0.2, 0) is 4.79 Å². The van der Waals surface area contributed by atoms with E-state index in [9.17, 15) is 14.0 Å². The lowest BCUT2D eigenvalue weighted by Crippen LogP contribution is -2.38. The highest BCUT2D eigenvalue weighted by Crippen LogP contribution is 2.20. The maximum Gasteiger partial charge on any atom is 0.323 e. The van der Waals surface area contributed by atoms with Crippen LogP contribution in [0.25, 0.3) is 0 Å². The van der Waals surface area contributed by atoms with E-state index in [0.29, 0.717) is 5.69 Å². The standard InChI is InChI=1S/C11H12BrFN2O3/c1-2-15(6-10(16)17)11(18)14-7-3-4-9(13)8(12)5-7/h3-5H,2,6H2,1H3,(H,14,18)(H,16,17). The summed E-state index contributed by atoms with van der Waals surface area (Å²) in [6.45, 7) is 1.55. The monoisotopic (exact) mass is 318 g/mol. The van der Waals surface area contributed by atoms with Crippen molar-refractivity contribution in [1.29, 1.82) is 0 Å². The van der Waals surface area contributed by atoms with Gasteiger partial charge in [-0.3, -0.25) is 4.79 Å². The number of carboxylic acids is 1. The number of anilines is 1. The van der Waals surface area contributed by atoms with Crippen molar-refractivity contribution in [1.82, 2.24) is 4.90 Å². The number of hydrogen-bond donors (Lipinski definition) is 2. The van der Waals surface area contributed by atoms with Gasteiger partial charge in [0.1, 0.15) is 12.4 Å². The predicted molar refractivity (Wildman–Crippen MR) is 68.0 cm³/mol. The molecule has 0 atom stereocenters. The summed E-state index contributed by atoms with van der Waals surface area (Å²) < 4.78 is 13.2. The third-order valence-corrected chi connectivity index (χ3v) is 2.77. The number of nitrogens with zero attached hydrogens (tertiary/aromatic N) is 1. The molecule has 18 heavy (non-hydrogen) atoms. The van der Waals surface area contributed by atoms with E-state index in [1.165, 1.54) is 18.2 Å². The summed E-state index contributed by atoms with van der Waals surface area (Å²) >= 11 is 3.00. The lowest BCUT2D eigenvalue weighted by atomic mass is 10.3. The SMILES string of the molecule is CCN(CC(=O)O)C(=O)Nc1ccc(F)c(Br)c1. The summed E-state index contributed by atoms with van der Waals surface area (Å²) in [4.78, 5) is 23.4. The van der Waals surface area contributed by atoms with Gasteiger partial charge in [0.2, 0.25) is 0 Å². The zero-order valence-corrected chi connectivity index (χ0v) is 11.2. The molecule has 0 heterocycles. The molecule has 0 aromatic heterocycles. The number of halogens is 2. The second-order valence-corrected chi connectivity index (χ2v) is 4.32. The van der Waals surface area contributed by atoms with Crippen LogP contribution in [0.1, 0.15) is 6.92 Å². The lowest BCUT2D eigenvalue weighted by Gasteiger charge is -2.19. The molecule has 0 spiro atoms. The van der Waals surface area contributed by atoms with Crippen LogP contribution in [0.3, 0.4) is 0 Å². The molecule has 0 aliphatic rings. The lowest BCUT2D eigenvalue weighted by molar-refractivity contribution is -0.137. The molecule has 98 valence electrons. The zero-order valence-electron chi connectivity index (χ0n) is 9.61. The van der Waals surface area contributed by atoms with Gasteiger partial charge in [0.05, 0.1) is 4.47 Å². The summed E-state index contributed by atoms with van der Waals surface area (Å²) in [6.07, 6.45) is 0. The second kappa shape index (κ2) is 6.34. The number of carboxylic acid groups (broad SMARTS) is 1. The predicted octanol–water partition coefficient (Wildman–Crippen LogP) is 2.53. The largest absolute Gasteiger partial charge is 0.480 e. The molecule has 5 nitrogen and oxygen atoms in total. The Hall–Kier alpha value is -1.63. The molecular formula is C11H12BrFN2O3. The van der Waals surface area contributed by atoms with E-state index in [1.807, 2.05) is 0 Å². The summed E-state index contributed by atoms with van der Waals surface area (Å²) in [5, 5.41) is 11.1. The first-order valence-corrected chi connectivity index (χ1v) is 5.96. The van der Waals surface area contributed by atoms with Crippen molar-refractivity contribution in [2.75, 3.05) is 18.4 Å². The van der Waals surface area contributed by atoms with Gasteiger partial charge in [-0.1, -0.05) is 0 Å². The molecule has 0 unspecified atom stereocenters. The van der Waals surface area contributed by atoms with Crippen molar-refractivity contribution in [3.05, 3.63) is 28.5 Å². The molecular weight excluding hydrogens is 307 g/mol. The molecule has 1 aromatic carbocycles. The Morgan fingerprint density at radius 2 is 2.17 bits per heavy atom. The number of benzene rings is 1. The van der Waals surface area contributed by atoms with Crippen molar-refractivity contribution in [3.8, 4) is 0 Å². The third-order valence-electron chi connectivity index (χ3n) is 2.17. The number of carbonyl (C=O) groups is 2. The fourth-order valence-corrected chi connectivity index (χ4v) is 1.65. The molecule has 1 rings (SSSR count). The van der Waals surface area contributed by atoms with E-state index in [2.05, 4.69) is 21.2 Å². The molecule has 0 radical (unpaired) electrons. The topological polar surface area (TPSA) is 69.6 Å². The van der Waals surface area contributed by atoms with Crippen molar-refractivity contribution >= 4 is 33.6 Å². The van der Waals surface area contributed by atoms with Gasteiger partial charge in [0.15, 0.2) is 0 Å². The maximum absolute atomic E-state index is 13.0. The molecule has 0 saturated heterocycles. The number of carbonyl (C=O) groups excluding carboxylic acids is 1. The normalized spacial score (nSPS) is 9.94. The number of urea groups is 1. The van der Waals surface area contributed by atoms with E-state index < -0.39 is 17.8 Å². The minimum absolute atomic E-state index is 0.224. The fourth-order valence-electron chi connectivity index (χ4n) is 1.27. The van der Waals surface area contributed by atoms with Crippen LogP contribution >= 0.6 is 15.9 Å². The van der Waals surface area contributed by atoms with Crippen molar-refractivity contribution in [2.24, 2.45) is 0 Å². The molecule has 1 aromatic rings. The first-order chi connectivity index (χ1) is 8.43.